The summed E-state index contributed by atoms with van der Waals surface area (Å²) in [7, 11) is 1.62. The molecule has 2 atom stereocenters. The highest BCUT2D eigenvalue weighted by Gasteiger charge is 2.30. The van der Waals surface area contributed by atoms with Crippen LogP contribution in [-0.4, -0.2) is 48.9 Å². The smallest absolute Gasteiger partial charge is 0.177 e. The number of ether oxygens (including phenoxy) is 2. The summed E-state index contributed by atoms with van der Waals surface area (Å²) in [6, 6.07) is 7.02. The van der Waals surface area contributed by atoms with Crippen LogP contribution in [0.5, 0.6) is 5.75 Å². The molecule has 1 fully saturated rings. The van der Waals surface area contributed by atoms with E-state index >= 15 is 0 Å². The number of aliphatic hydroxyl groups excluding tert-OH is 1. The molecule has 0 aliphatic carbocycles. The topological polar surface area (TPSA) is 59.0 Å². The van der Waals surface area contributed by atoms with Crippen molar-refractivity contribution >= 4 is 6.29 Å². The largest absolute Gasteiger partial charge is 0.496 e. The van der Waals surface area contributed by atoms with Crippen molar-refractivity contribution < 1.29 is 19.4 Å². The van der Waals surface area contributed by atoms with Gasteiger partial charge in [0.15, 0.2) is 6.29 Å². The standard InChI is InChI=1S/C13H17NO4/c1-17-12-5-3-2-4-10(12)8-14-6-7-18-13(16)11(14)9-15/h2-5,9,11,13,16H,6-8H2,1H3. The van der Waals surface area contributed by atoms with Crippen molar-refractivity contribution in [3.63, 3.8) is 0 Å². The number of aliphatic hydroxyl groups is 1. The average molecular weight is 251 g/mol. The molecule has 1 N–H and O–H groups in total. The Hall–Kier alpha value is -1.43. The van der Waals surface area contributed by atoms with Gasteiger partial charge in [-0.3, -0.25) is 4.90 Å². The van der Waals surface area contributed by atoms with Gasteiger partial charge in [-0.2, -0.15) is 0 Å². The Balaban J connectivity index is 2.14. The van der Waals surface area contributed by atoms with E-state index in [0.717, 1.165) is 17.6 Å². The van der Waals surface area contributed by atoms with Crippen LogP contribution in [-0.2, 0) is 16.1 Å². The molecule has 1 aromatic rings. The highest BCUT2D eigenvalue weighted by molar-refractivity contribution is 5.58. The molecule has 5 heteroatoms. The number of hydrogen-bond acceptors (Lipinski definition) is 5. The first-order chi connectivity index (χ1) is 8.76. The first kappa shape index (κ1) is 13.0. The summed E-state index contributed by atoms with van der Waals surface area (Å²) >= 11 is 0. The Morgan fingerprint density at radius 2 is 2.33 bits per heavy atom. The quantitative estimate of drug-likeness (QED) is 0.786. The van der Waals surface area contributed by atoms with Crippen LogP contribution in [0.4, 0.5) is 0 Å². The molecule has 98 valence electrons. The SMILES string of the molecule is COc1ccccc1CN1CCOC(O)C1C=O. The maximum absolute atomic E-state index is 11.0. The third-order valence-electron chi connectivity index (χ3n) is 3.09. The number of aldehydes is 1. The van der Waals surface area contributed by atoms with Crippen LogP contribution in [0, 0.1) is 0 Å². The lowest BCUT2D eigenvalue weighted by molar-refractivity contribution is -0.180. The van der Waals surface area contributed by atoms with Crippen molar-refractivity contribution in [1.29, 1.82) is 0 Å². The second-order valence-electron chi connectivity index (χ2n) is 4.17. The Morgan fingerprint density at radius 1 is 1.56 bits per heavy atom. The summed E-state index contributed by atoms with van der Waals surface area (Å²) in [5.41, 5.74) is 0.987. The molecule has 1 aliphatic rings. The molecule has 5 nitrogen and oxygen atoms in total. The minimum Gasteiger partial charge on any atom is -0.496 e. The van der Waals surface area contributed by atoms with Gasteiger partial charge in [0, 0.05) is 18.7 Å². The van der Waals surface area contributed by atoms with E-state index in [4.69, 9.17) is 9.47 Å². The number of carbonyl (C=O) groups is 1. The molecule has 0 bridgehead atoms. The second kappa shape index (κ2) is 5.95. The molecule has 0 aromatic heterocycles. The molecule has 1 saturated heterocycles. The minimum atomic E-state index is -1.05. The van der Waals surface area contributed by atoms with Crippen molar-refractivity contribution in [2.75, 3.05) is 20.3 Å². The number of benzene rings is 1. The number of rotatable bonds is 4. The molecule has 18 heavy (non-hydrogen) atoms. The summed E-state index contributed by atoms with van der Waals surface area (Å²) in [5, 5.41) is 9.62. The van der Waals surface area contributed by atoms with E-state index in [-0.39, 0.29) is 0 Å². The second-order valence-corrected chi connectivity index (χ2v) is 4.17. The predicted octanol–water partition coefficient (Wildman–Crippen LogP) is 0.413. The normalized spacial score (nSPS) is 24.8. The van der Waals surface area contributed by atoms with Crippen LogP contribution in [0.25, 0.3) is 0 Å². The molecular weight excluding hydrogens is 234 g/mol. The van der Waals surface area contributed by atoms with E-state index in [1.807, 2.05) is 29.2 Å². The van der Waals surface area contributed by atoms with Gasteiger partial charge in [0.05, 0.1) is 13.7 Å². The van der Waals surface area contributed by atoms with E-state index < -0.39 is 12.3 Å². The van der Waals surface area contributed by atoms with Crippen LogP contribution >= 0.6 is 0 Å². The van der Waals surface area contributed by atoms with E-state index in [9.17, 15) is 9.90 Å². The highest BCUT2D eigenvalue weighted by Crippen LogP contribution is 2.22. The molecule has 1 aromatic carbocycles. The third-order valence-corrected chi connectivity index (χ3v) is 3.09. The molecular formula is C13H17NO4. The van der Waals surface area contributed by atoms with Crippen molar-refractivity contribution in [3.8, 4) is 5.75 Å². The van der Waals surface area contributed by atoms with E-state index in [0.29, 0.717) is 19.7 Å². The molecule has 0 amide bonds. The van der Waals surface area contributed by atoms with Crippen LogP contribution in [0.3, 0.4) is 0 Å². The van der Waals surface area contributed by atoms with E-state index in [1.165, 1.54) is 0 Å². The van der Waals surface area contributed by atoms with Crippen molar-refractivity contribution in [3.05, 3.63) is 29.8 Å². The summed E-state index contributed by atoms with van der Waals surface area (Å²) in [5.74, 6) is 0.781. The zero-order valence-electron chi connectivity index (χ0n) is 10.3. The first-order valence-electron chi connectivity index (χ1n) is 5.87. The van der Waals surface area contributed by atoms with Crippen molar-refractivity contribution in [2.24, 2.45) is 0 Å². The maximum atomic E-state index is 11.0. The molecule has 2 unspecified atom stereocenters. The average Bonchev–Trinajstić information content (AvgIpc) is 2.40. The molecule has 0 radical (unpaired) electrons. The zero-order valence-corrected chi connectivity index (χ0v) is 10.3. The van der Waals surface area contributed by atoms with Crippen molar-refractivity contribution in [2.45, 2.75) is 18.9 Å². The number of morpholine rings is 1. The van der Waals surface area contributed by atoms with Gasteiger partial charge in [0.1, 0.15) is 18.1 Å². The lowest BCUT2D eigenvalue weighted by atomic mass is 10.1. The summed E-state index contributed by atoms with van der Waals surface area (Å²) < 4.78 is 10.3. The number of para-hydroxylation sites is 1. The fourth-order valence-corrected chi connectivity index (χ4v) is 2.11. The number of nitrogens with zero attached hydrogens (tertiary/aromatic N) is 1. The van der Waals surface area contributed by atoms with Gasteiger partial charge in [-0.05, 0) is 6.07 Å². The Bertz CT molecular complexity index is 410. The van der Waals surface area contributed by atoms with Gasteiger partial charge >= 0.3 is 0 Å². The summed E-state index contributed by atoms with van der Waals surface area (Å²) in [4.78, 5) is 12.9. The first-order valence-corrected chi connectivity index (χ1v) is 5.87. The predicted molar refractivity (Wildman–Crippen MR) is 65.2 cm³/mol. The fraction of sp³-hybridized carbons (Fsp3) is 0.462. The van der Waals surface area contributed by atoms with Crippen molar-refractivity contribution in [1.82, 2.24) is 4.90 Å². The lowest BCUT2D eigenvalue weighted by Crippen LogP contribution is -2.51. The fourth-order valence-electron chi connectivity index (χ4n) is 2.11. The van der Waals surface area contributed by atoms with Gasteiger partial charge in [-0.25, -0.2) is 0 Å². The summed E-state index contributed by atoms with van der Waals surface area (Å²) in [6.45, 7) is 1.58. The molecule has 0 spiro atoms. The Kier molecular flexibility index (Phi) is 4.30. The lowest BCUT2D eigenvalue weighted by Gasteiger charge is -2.35. The van der Waals surface area contributed by atoms with Gasteiger partial charge in [-0.15, -0.1) is 0 Å². The van der Waals surface area contributed by atoms with E-state index in [1.54, 1.807) is 7.11 Å². The highest BCUT2D eigenvalue weighted by atomic mass is 16.6. The molecule has 1 heterocycles. The van der Waals surface area contributed by atoms with Crippen LogP contribution in [0.15, 0.2) is 24.3 Å². The van der Waals surface area contributed by atoms with Gasteiger partial charge in [0.2, 0.25) is 0 Å². The van der Waals surface area contributed by atoms with Crippen LogP contribution < -0.4 is 4.74 Å². The van der Waals surface area contributed by atoms with Gasteiger partial charge in [-0.1, -0.05) is 18.2 Å². The number of carbonyl (C=O) groups excluding carboxylic acids is 1. The molecule has 1 aliphatic heterocycles. The van der Waals surface area contributed by atoms with Gasteiger partial charge in [0.25, 0.3) is 0 Å². The monoisotopic (exact) mass is 251 g/mol. The van der Waals surface area contributed by atoms with Crippen LogP contribution in [0.2, 0.25) is 0 Å². The Morgan fingerprint density at radius 3 is 3.06 bits per heavy atom. The number of hydrogen-bond donors (Lipinski definition) is 1. The van der Waals surface area contributed by atoms with Crippen LogP contribution in [0.1, 0.15) is 5.56 Å². The van der Waals surface area contributed by atoms with Gasteiger partial charge < -0.3 is 19.4 Å². The number of methoxy groups -OCH3 is 1. The zero-order chi connectivity index (χ0) is 13.0. The van der Waals surface area contributed by atoms with E-state index in [2.05, 4.69) is 0 Å². The third kappa shape index (κ3) is 2.69. The Labute approximate surface area is 106 Å². The molecule has 0 saturated carbocycles. The maximum Gasteiger partial charge on any atom is 0.177 e. The minimum absolute atomic E-state index is 0.417. The molecule has 2 rings (SSSR count). The summed E-state index contributed by atoms with van der Waals surface area (Å²) in [6.07, 6.45) is -0.329.